The molecule has 24 heavy (non-hydrogen) atoms. The maximum absolute atomic E-state index is 8.96. The monoisotopic (exact) mass is 344 g/mol. The zero-order valence-electron chi connectivity index (χ0n) is 16.1. The molecule has 0 aliphatic carbocycles. The molecule has 0 fully saturated rings. The highest BCUT2D eigenvalue weighted by Crippen LogP contribution is 2.15. The lowest BCUT2D eigenvalue weighted by molar-refractivity contribution is -0.0204. The van der Waals surface area contributed by atoms with Crippen molar-refractivity contribution in [3.05, 3.63) is 12.2 Å². The second-order valence-electron chi connectivity index (χ2n) is 6.54. The molecule has 1 unspecified atom stereocenters. The summed E-state index contributed by atoms with van der Waals surface area (Å²) in [6.07, 6.45) is 13.4. The molecule has 1 N–H and O–H groups in total. The Morgan fingerprint density at radius 2 is 1.38 bits per heavy atom. The van der Waals surface area contributed by atoms with E-state index in [9.17, 15) is 0 Å². The molecule has 0 saturated carbocycles. The Bertz CT molecular complexity index is 264. The highest BCUT2D eigenvalue weighted by molar-refractivity contribution is 4.93. The summed E-state index contributed by atoms with van der Waals surface area (Å²) in [7, 11) is 3.36. The van der Waals surface area contributed by atoms with Crippen LogP contribution in [0.4, 0.5) is 0 Å². The summed E-state index contributed by atoms with van der Waals surface area (Å²) >= 11 is 0. The van der Waals surface area contributed by atoms with E-state index >= 15 is 0 Å². The fourth-order valence-electron chi connectivity index (χ4n) is 2.62. The highest BCUT2D eigenvalue weighted by atomic mass is 16.5. The van der Waals surface area contributed by atoms with E-state index in [1.54, 1.807) is 14.2 Å². The third-order valence-corrected chi connectivity index (χ3v) is 4.29. The lowest BCUT2D eigenvalue weighted by atomic mass is 10.0. The minimum absolute atomic E-state index is 0.0143. The number of hydrogen-bond donors (Lipinski definition) is 1. The molecule has 0 rings (SSSR count). The minimum Gasteiger partial charge on any atom is -0.394 e. The van der Waals surface area contributed by atoms with Gasteiger partial charge in [-0.1, -0.05) is 44.3 Å². The molecule has 0 aliphatic heterocycles. The fraction of sp³-hybridized carbons (Fsp3) is 0.900. The summed E-state index contributed by atoms with van der Waals surface area (Å²) in [5.41, 5.74) is 1.38. The highest BCUT2D eigenvalue weighted by Gasteiger charge is 2.04. The van der Waals surface area contributed by atoms with Gasteiger partial charge in [-0.25, -0.2) is 0 Å². The molecule has 0 aromatic rings. The summed E-state index contributed by atoms with van der Waals surface area (Å²) in [5, 5.41) is 8.96. The minimum atomic E-state index is -0.194. The smallest absolute Gasteiger partial charge is 0.103 e. The molecule has 1 atom stereocenters. The first-order valence-corrected chi connectivity index (χ1v) is 9.61. The topological polar surface area (TPSA) is 47.9 Å². The van der Waals surface area contributed by atoms with E-state index in [0.717, 1.165) is 32.5 Å². The zero-order chi connectivity index (χ0) is 17.9. The molecule has 0 saturated heterocycles. The first kappa shape index (κ1) is 23.6. The molecule has 0 radical (unpaired) electrons. The van der Waals surface area contributed by atoms with Crippen molar-refractivity contribution in [3.8, 4) is 0 Å². The van der Waals surface area contributed by atoms with Gasteiger partial charge in [0, 0.05) is 27.4 Å². The Morgan fingerprint density at radius 1 is 0.833 bits per heavy atom. The SMILES string of the molecule is C=C(CCCCCCCCCOC)CCCCOCC(CO)OC. The van der Waals surface area contributed by atoms with Crippen LogP contribution in [0.15, 0.2) is 12.2 Å². The summed E-state index contributed by atoms with van der Waals surface area (Å²) in [5.74, 6) is 0. The normalized spacial score (nSPS) is 12.5. The molecule has 0 aromatic heterocycles. The van der Waals surface area contributed by atoms with Gasteiger partial charge < -0.3 is 19.3 Å². The Kier molecular flexibility index (Phi) is 18.6. The standard InChI is InChI=1S/C20H40O4/c1-19(13-9-7-5-4-6-8-11-15-22-2)14-10-12-16-24-18-20(17-21)23-3/h20-21H,1,4-18H2,2-3H3. The summed E-state index contributed by atoms with van der Waals surface area (Å²) in [4.78, 5) is 0. The number of hydrogen-bond acceptors (Lipinski definition) is 4. The van der Waals surface area contributed by atoms with Gasteiger partial charge in [-0.15, -0.1) is 0 Å². The van der Waals surface area contributed by atoms with Crippen LogP contribution < -0.4 is 0 Å². The molecule has 0 aromatic carbocycles. The second kappa shape index (κ2) is 18.9. The van der Waals surface area contributed by atoms with Gasteiger partial charge in [0.05, 0.1) is 13.2 Å². The molecule has 0 heterocycles. The number of unbranched alkanes of at least 4 members (excludes halogenated alkanes) is 7. The van der Waals surface area contributed by atoms with Crippen molar-refractivity contribution in [2.24, 2.45) is 0 Å². The van der Waals surface area contributed by atoms with Crippen LogP contribution in [0.2, 0.25) is 0 Å². The second-order valence-corrected chi connectivity index (χ2v) is 6.54. The van der Waals surface area contributed by atoms with E-state index < -0.39 is 0 Å². The average molecular weight is 345 g/mol. The predicted molar refractivity (Wildman–Crippen MR) is 101 cm³/mol. The average Bonchev–Trinajstić information content (AvgIpc) is 2.59. The van der Waals surface area contributed by atoms with Gasteiger partial charge in [-0.05, 0) is 38.5 Å². The lowest BCUT2D eigenvalue weighted by Crippen LogP contribution is -2.22. The van der Waals surface area contributed by atoms with E-state index in [4.69, 9.17) is 19.3 Å². The summed E-state index contributed by atoms with van der Waals surface area (Å²) in [6, 6.07) is 0. The maximum Gasteiger partial charge on any atom is 0.103 e. The Hall–Kier alpha value is -0.420. The Morgan fingerprint density at radius 3 is 1.96 bits per heavy atom. The number of aliphatic hydroxyl groups is 1. The van der Waals surface area contributed by atoms with Gasteiger partial charge in [0.1, 0.15) is 6.10 Å². The van der Waals surface area contributed by atoms with E-state index in [-0.39, 0.29) is 12.7 Å². The van der Waals surface area contributed by atoms with Crippen LogP contribution in [0, 0.1) is 0 Å². The predicted octanol–water partition coefficient (Wildman–Crippen LogP) is 4.50. The van der Waals surface area contributed by atoms with Gasteiger partial charge in [0.2, 0.25) is 0 Å². The molecular formula is C20H40O4. The zero-order valence-corrected chi connectivity index (χ0v) is 16.1. The van der Waals surface area contributed by atoms with Crippen LogP contribution in [-0.4, -0.2) is 51.9 Å². The quantitative estimate of drug-likeness (QED) is 0.277. The van der Waals surface area contributed by atoms with Crippen molar-refractivity contribution in [3.63, 3.8) is 0 Å². The molecular weight excluding hydrogens is 304 g/mol. The first-order valence-electron chi connectivity index (χ1n) is 9.61. The van der Waals surface area contributed by atoms with Crippen LogP contribution in [0.1, 0.15) is 70.6 Å². The summed E-state index contributed by atoms with van der Waals surface area (Å²) in [6.45, 7) is 6.31. The largest absolute Gasteiger partial charge is 0.394 e. The third-order valence-electron chi connectivity index (χ3n) is 4.29. The molecule has 0 bridgehead atoms. The van der Waals surface area contributed by atoms with Gasteiger partial charge in [-0.2, -0.15) is 0 Å². The van der Waals surface area contributed by atoms with Crippen molar-refractivity contribution in [2.45, 2.75) is 76.7 Å². The molecule has 144 valence electrons. The molecule has 4 heteroatoms. The molecule has 0 spiro atoms. The van der Waals surface area contributed by atoms with Crippen LogP contribution in [-0.2, 0) is 14.2 Å². The number of rotatable bonds is 19. The van der Waals surface area contributed by atoms with Gasteiger partial charge in [-0.3, -0.25) is 0 Å². The Balaban J connectivity index is 3.24. The molecule has 4 nitrogen and oxygen atoms in total. The summed E-state index contributed by atoms with van der Waals surface area (Å²) < 4.78 is 15.6. The van der Waals surface area contributed by atoms with Crippen LogP contribution in [0.25, 0.3) is 0 Å². The van der Waals surface area contributed by atoms with Crippen molar-refractivity contribution >= 4 is 0 Å². The third kappa shape index (κ3) is 16.4. The molecule has 0 amide bonds. The van der Waals surface area contributed by atoms with Crippen molar-refractivity contribution in [2.75, 3.05) is 40.6 Å². The van der Waals surface area contributed by atoms with Crippen LogP contribution in [0.3, 0.4) is 0 Å². The van der Waals surface area contributed by atoms with E-state index in [2.05, 4.69) is 6.58 Å². The van der Waals surface area contributed by atoms with Gasteiger partial charge >= 0.3 is 0 Å². The Labute approximate surface area is 149 Å². The fourth-order valence-corrected chi connectivity index (χ4v) is 2.62. The first-order chi connectivity index (χ1) is 11.7. The van der Waals surface area contributed by atoms with E-state index in [0.29, 0.717) is 6.61 Å². The lowest BCUT2D eigenvalue weighted by Gasteiger charge is -2.12. The number of methoxy groups -OCH3 is 2. The van der Waals surface area contributed by atoms with E-state index in [1.807, 2.05) is 0 Å². The van der Waals surface area contributed by atoms with Crippen LogP contribution in [0.5, 0.6) is 0 Å². The van der Waals surface area contributed by atoms with Crippen molar-refractivity contribution in [1.82, 2.24) is 0 Å². The molecule has 0 aliphatic rings. The number of ether oxygens (including phenoxy) is 3. The van der Waals surface area contributed by atoms with Crippen molar-refractivity contribution < 1.29 is 19.3 Å². The van der Waals surface area contributed by atoms with Gasteiger partial charge in [0.15, 0.2) is 0 Å². The van der Waals surface area contributed by atoms with Crippen molar-refractivity contribution in [1.29, 1.82) is 0 Å². The van der Waals surface area contributed by atoms with Crippen LogP contribution >= 0.6 is 0 Å². The van der Waals surface area contributed by atoms with E-state index in [1.165, 1.54) is 56.9 Å². The number of aliphatic hydroxyl groups excluding tert-OH is 1. The number of allylic oxidation sites excluding steroid dienone is 1. The van der Waals surface area contributed by atoms with Gasteiger partial charge in [0.25, 0.3) is 0 Å². The maximum atomic E-state index is 8.96.